The van der Waals surface area contributed by atoms with Crippen molar-refractivity contribution in [3.05, 3.63) is 106 Å². The van der Waals surface area contributed by atoms with Gasteiger partial charge in [0.2, 0.25) is 0 Å². The van der Waals surface area contributed by atoms with Crippen LogP contribution in [0.15, 0.2) is 72.8 Å². The fourth-order valence-corrected chi connectivity index (χ4v) is 6.13. The van der Waals surface area contributed by atoms with E-state index < -0.39 is 6.10 Å². The van der Waals surface area contributed by atoms with E-state index in [0.717, 1.165) is 58.0 Å². The van der Waals surface area contributed by atoms with Gasteiger partial charge in [0.1, 0.15) is 37.9 Å². The number of nitriles is 1. The molecule has 2 aliphatic rings. The molecule has 6 rings (SSSR count). The highest BCUT2D eigenvalue weighted by Crippen LogP contribution is 2.37. The zero-order chi connectivity index (χ0) is 33.3. The number of morpholine rings is 1. The van der Waals surface area contributed by atoms with Crippen molar-refractivity contribution in [2.24, 2.45) is 0 Å². The van der Waals surface area contributed by atoms with Crippen LogP contribution in [0.25, 0.3) is 11.1 Å². The minimum atomic E-state index is -0.527. The number of rotatable bonds is 13. The van der Waals surface area contributed by atoms with E-state index in [9.17, 15) is 10.4 Å². The van der Waals surface area contributed by atoms with Crippen molar-refractivity contribution >= 4 is 11.6 Å². The van der Waals surface area contributed by atoms with Crippen molar-refractivity contribution in [2.45, 2.75) is 32.8 Å². The maximum atomic E-state index is 10.6. The molecular weight excluding hydrogens is 630 g/mol. The summed E-state index contributed by atoms with van der Waals surface area (Å²) in [4.78, 5) is 2.20. The van der Waals surface area contributed by atoms with Gasteiger partial charge in [0, 0.05) is 44.4 Å². The average Bonchev–Trinajstić information content (AvgIpc) is 3.11. The third-order valence-corrected chi connectivity index (χ3v) is 8.81. The molecule has 0 amide bonds. The molecule has 1 fully saturated rings. The molecule has 4 aromatic carbocycles. The van der Waals surface area contributed by atoms with Crippen LogP contribution in [-0.2, 0) is 24.5 Å². The lowest BCUT2D eigenvalue weighted by molar-refractivity contribution is 0.0149. The smallest absolute Gasteiger partial charge is 0.161 e. The van der Waals surface area contributed by atoms with Crippen LogP contribution in [0.2, 0.25) is 5.02 Å². The normalized spacial score (nSPS) is 15.0. The van der Waals surface area contributed by atoms with Crippen LogP contribution in [0.1, 0.15) is 27.8 Å². The Morgan fingerprint density at radius 3 is 2.52 bits per heavy atom. The van der Waals surface area contributed by atoms with Crippen molar-refractivity contribution in [1.29, 1.82) is 5.26 Å². The fraction of sp³-hybridized carbons (Fsp3) is 0.342. The van der Waals surface area contributed by atoms with E-state index >= 15 is 0 Å². The van der Waals surface area contributed by atoms with Crippen LogP contribution in [0.5, 0.6) is 23.0 Å². The number of benzene rings is 4. The van der Waals surface area contributed by atoms with E-state index in [0.29, 0.717) is 74.8 Å². The summed E-state index contributed by atoms with van der Waals surface area (Å²) in [7, 11) is 0. The predicted molar refractivity (Wildman–Crippen MR) is 184 cm³/mol. The Kier molecular flexibility index (Phi) is 11.3. The van der Waals surface area contributed by atoms with E-state index in [-0.39, 0.29) is 6.61 Å². The summed E-state index contributed by atoms with van der Waals surface area (Å²) in [6.45, 7) is 8.19. The largest absolute Gasteiger partial charge is 0.488 e. The summed E-state index contributed by atoms with van der Waals surface area (Å²) in [5, 5.41) is 23.8. The zero-order valence-corrected chi connectivity index (χ0v) is 27.8. The second-order valence-corrected chi connectivity index (χ2v) is 12.3. The maximum Gasteiger partial charge on any atom is 0.161 e. The molecule has 250 valence electrons. The number of β-amino-alcohol motifs (C(OH)–C–C–N with tert-alkyl or cyclic N) is 1. The number of aliphatic hydroxyl groups excluding tert-OH is 1. The maximum absolute atomic E-state index is 10.6. The van der Waals surface area contributed by atoms with Crippen molar-refractivity contribution in [2.75, 3.05) is 52.6 Å². The van der Waals surface area contributed by atoms with E-state index in [1.165, 1.54) is 0 Å². The molecule has 10 heteroatoms. The Morgan fingerprint density at radius 2 is 1.69 bits per heavy atom. The van der Waals surface area contributed by atoms with Gasteiger partial charge in [-0.25, -0.2) is 0 Å². The minimum Gasteiger partial charge on any atom is -0.488 e. The predicted octanol–water partition coefficient (Wildman–Crippen LogP) is 5.90. The highest BCUT2D eigenvalue weighted by Gasteiger charge is 2.18. The van der Waals surface area contributed by atoms with Crippen LogP contribution >= 0.6 is 11.6 Å². The van der Waals surface area contributed by atoms with Crippen LogP contribution in [0.4, 0.5) is 0 Å². The molecule has 2 N–H and O–H groups in total. The van der Waals surface area contributed by atoms with Gasteiger partial charge in [-0.1, -0.05) is 48.0 Å². The molecule has 9 nitrogen and oxygen atoms in total. The number of hydrogen-bond donors (Lipinski definition) is 2. The molecule has 0 aliphatic carbocycles. The third-order valence-electron chi connectivity index (χ3n) is 8.52. The number of ether oxygens (including phenoxy) is 5. The molecule has 4 aromatic rings. The molecular formula is C38H40ClN3O6. The quantitative estimate of drug-likeness (QED) is 0.180. The van der Waals surface area contributed by atoms with Gasteiger partial charge in [0.15, 0.2) is 11.5 Å². The summed E-state index contributed by atoms with van der Waals surface area (Å²) >= 11 is 6.79. The summed E-state index contributed by atoms with van der Waals surface area (Å²) in [5.41, 5.74) is 6.52. The lowest BCUT2D eigenvalue weighted by Gasteiger charge is -2.28. The SMILES string of the molecule is Cc1c(COc2cc(OCc3cccc(C#N)c3)c(CNCC(O)CN3CCOCC3)cc2Cl)cccc1-c1ccc2c(c1)OCCO2. The second kappa shape index (κ2) is 16.2. The molecule has 0 saturated carbocycles. The first-order chi connectivity index (χ1) is 23.5. The Balaban J connectivity index is 1.17. The van der Waals surface area contributed by atoms with Gasteiger partial charge in [0.25, 0.3) is 0 Å². The molecule has 1 atom stereocenters. The van der Waals surface area contributed by atoms with Crippen molar-refractivity contribution < 1.29 is 28.8 Å². The summed E-state index contributed by atoms with van der Waals surface area (Å²) in [6.07, 6.45) is -0.527. The molecule has 1 unspecified atom stereocenters. The van der Waals surface area contributed by atoms with Gasteiger partial charge >= 0.3 is 0 Å². The Morgan fingerprint density at radius 1 is 0.896 bits per heavy atom. The minimum absolute atomic E-state index is 0.264. The molecule has 0 bridgehead atoms. The molecule has 0 radical (unpaired) electrons. The highest BCUT2D eigenvalue weighted by atomic mass is 35.5. The first-order valence-electron chi connectivity index (χ1n) is 16.2. The van der Waals surface area contributed by atoms with Crippen LogP contribution in [0, 0.1) is 18.3 Å². The van der Waals surface area contributed by atoms with Gasteiger partial charge in [-0.15, -0.1) is 0 Å². The van der Waals surface area contributed by atoms with Crippen molar-refractivity contribution in [3.63, 3.8) is 0 Å². The summed E-state index contributed by atoms with van der Waals surface area (Å²) in [5.74, 6) is 2.61. The van der Waals surface area contributed by atoms with Crippen LogP contribution in [0.3, 0.4) is 0 Å². The lowest BCUT2D eigenvalue weighted by Crippen LogP contribution is -2.43. The number of hydrogen-bond acceptors (Lipinski definition) is 9. The van der Waals surface area contributed by atoms with E-state index in [2.05, 4.69) is 29.3 Å². The highest BCUT2D eigenvalue weighted by molar-refractivity contribution is 6.32. The van der Waals surface area contributed by atoms with Gasteiger partial charge in [0.05, 0.1) is 36.0 Å². The Labute approximate surface area is 286 Å². The van der Waals surface area contributed by atoms with Gasteiger partial charge in [-0.3, -0.25) is 4.90 Å². The third kappa shape index (κ3) is 8.58. The van der Waals surface area contributed by atoms with Gasteiger partial charge in [-0.05, 0) is 65.1 Å². The first-order valence-corrected chi connectivity index (χ1v) is 16.6. The van der Waals surface area contributed by atoms with Crippen LogP contribution < -0.4 is 24.3 Å². The molecule has 2 aliphatic heterocycles. The molecule has 2 heterocycles. The lowest BCUT2D eigenvalue weighted by atomic mass is 9.96. The topological polar surface area (TPSA) is 105 Å². The van der Waals surface area contributed by atoms with Crippen LogP contribution in [-0.4, -0.2) is 68.7 Å². The standard InChI is InChI=1S/C38H40ClN3O6/c1-26-30(6-3-7-33(26)29-8-9-35-38(18-29)46-15-14-45-35)25-48-37-19-36(47-24-28-5-2-4-27(16-28)20-40)31(17-34(37)39)21-41-22-32(43)23-42-10-12-44-13-11-42/h2-9,16-19,32,41,43H,10-15,21-25H2,1H3. The molecule has 1 saturated heterocycles. The average molecular weight is 670 g/mol. The first kappa shape index (κ1) is 33.6. The molecule has 48 heavy (non-hydrogen) atoms. The Hall–Kier alpha value is -4.30. The van der Waals surface area contributed by atoms with E-state index in [4.69, 9.17) is 35.3 Å². The van der Waals surface area contributed by atoms with Gasteiger partial charge in [-0.2, -0.15) is 5.26 Å². The second-order valence-electron chi connectivity index (χ2n) is 11.9. The number of nitrogens with zero attached hydrogens (tertiary/aromatic N) is 2. The zero-order valence-electron chi connectivity index (χ0n) is 27.0. The van der Waals surface area contributed by atoms with E-state index in [1.54, 1.807) is 6.07 Å². The fourth-order valence-electron chi connectivity index (χ4n) is 5.89. The van der Waals surface area contributed by atoms with Crippen molar-refractivity contribution in [1.82, 2.24) is 10.2 Å². The summed E-state index contributed by atoms with van der Waals surface area (Å²) < 4.78 is 29.5. The number of fused-ring (bicyclic) bond motifs is 1. The van der Waals surface area contributed by atoms with Crippen molar-refractivity contribution in [3.8, 4) is 40.2 Å². The number of nitrogens with one attached hydrogen (secondary N) is 1. The van der Waals surface area contributed by atoms with Gasteiger partial charge < -0.3 is 34.1 Å². The molecule has 0 aromatic heterocycles. The summed E-state index contributed by atoms with van der Waals surface area (Å²) in [6, 6.07) is 25.3. The van der Waals surface area contributed by atoms with E-state index in [1.807, 2.05) is 60.7 Å². The number of halogens is 1. The monoisotopic (exact) mass is 669 g/mol. The molecule has 0 spiro atoms. The number of aliphatic hydroxyl groups is 1. The Bertz CT molecular complexity index is 1750.